The average Bonchev–Trinajstić information content (AvgIpc) is 2.54. The molecule has 1 aromatic heterocycles. The van der Waals surface area contributed by atoms with E-state index < -0.39 is 0 Å². The number of nitrogens with zero attached hydrogens (tertiary/aromatic N) is 1. The fraction of sp³-hybridized carbons (Fsp3) is 0.312. The zero-order valence-electron chi connectivity index (χ0n) is 12.6. The highest BCUT2D eigenvalue weighted by Gasteiger charge is 2.13. The van der Waals surface area contributed by atoms with E-state index in [0.717, 1.165) is 18.7 Å². The summed E-state index contributed by atoms with van der Waals surface area (Å²) in [6.45, 7) is 1.70. The van der Waals surface area contributed by atoms with Crippen molar-refractivity contribution in [1.82, 2.24) is 4.98 Å². The SMILES string of the molecule is COc1cc(C[NH2+]Cc2cccnc2)cc(OC)c1OC. The number of rotatable bonds is 7. The monoisotopic (exact) mass is 289 g/mol. The predicted molar refractivity (Wildman–Crippen MR) is 79.7 cm³/mol. The molecule has 112 valence electrons. The second-order valence-corrected chi connectivity index (χ2v) is 4.59. The van der Waals surface area contributed by atoms with Gasteiger partial charge in [0.15, 0.2) is 11.5 Å². The highest BCUT2D eigenvalue weighted by molar-refractivity contribution is 5.53. The van der Waals surface area contributed by atoms with E-state index in [1.807, 2.05) is 24.4 Å². The maximum atomic E-state index is 5.36. The molecule has 0 aliphatic carbocycles. The first-order chi connectivity index (χ1) is 10.3. The second-order valence-electron chi connectivity index (χ2n) is 4.59. The van der Waals surface area contributed by atoms with E-state index >= 15 is 0 Å². The lowest BCUT2D eigenvalue weighted by Crippen LogP contribution is -2.80. The smallest absolute Gasteiger partial charge is 0.203 e. The van der Waals surface area contributed by atoms with Crippen molar-refractivity contribution in [3.63, 3.8) is 0 Å². The number of benzene rings is 1. The van der Waals surface area contributed by atoms with Gasteiger partial charge >= 0.3 is 0 Å². The minimum atomic E-state index is 0.621. The van der Waals surface area contributed by atoms with E-state index in [1.54, 1.807) is 27.5 Å². The number of quaternary nitrogens is 1. The zero-order valence-corrected chi connectivity index (χ0v) is 12.6. The predicted octanol–water partition coefficient (Wildman–Crippen LogP) is 1.37. The average molecular weight is 289 g/mol. The van der Waals surface area contributed by atoms with Gasteiger partial charge in [0, 0.05) is 23.5 Å². The Morgan fingerprint density at radius 3 is 2.14 bits per heavy atom. The van der Waals surface area contributed by atoms with Crippen molar-refractivity contribution < 1.29 is 19.5 Å². The highest BCUT2D eigenvalue weighted by atomic mass is 16.5. The summed E-state index contributed by atoms with van der Waals surface area (Å²) in [6.07, 6.45) is 3.66. The van der Waals surface area contributed by atoms with E-state index in [9.17, 15) is 0 Å². The summed E-state index contributed by atoms with van der Waals surface area (Å²) in [6, 6.07) is 7.96. The molecule has 1 aromatic carbocycles. The Morgan fingerprint density at radius 2 is 1.62 bits per heavy atom. The maximum Gasteiger partial charge on any atom is 0.203 e. The van der Waals surface area contributed by atoms with Gasteiger partial charge in [-0.05, 0) is 18.2 Å². The minimum Gasteiger partial charge on any atom is -0.493 e. The summed E-state index contributed by atoms with van der Waals surface area (Å²) in [5, 5.41) is 2.21. The molecule has 1 heterocycles. The fourth-order valence-corrected chi connectivity index (χ4v) is 2.18. The van der Waals surface area contributed by atoms with Gasteiger partial charge in [0.1, 0.15) is 13.1 Å². The quantitative estimate of drug-likeness (QED) is 0.836. The Labute approximate surface area is 124 Å². The Morgan fingerprint density at radius 1 is 0.952 bits per heavy atom. The van der Waals surface area contributed by atoms with Crippen molar-refractivity contribution in [2.45, 2.75) is 13.1 Å². The molecule has 2 rings (SSSR count). The van der Waals surface area contributed by atoms with Crippen LogP contribution in [0.1, 0.15) is 11.1 Å². The first-order valence-electron chi connectivity index (χ1n) is 6.78. The van der Waals surface area contributed by atoms with Crippen molar-refractivity contribution >= 4 is 0 Å². The van der Waals surface area contributed by atoms with Gasteiger partial charge in [-0.1, -0.05) is 6.07 Å². The van der Waals surface area contributed by atoms with E-state index in [1.165, 1.54) is 5.56 Å². The zero-order chi connectivity index (χ0) is 15.1. The number of ether oxygens (including phenoxy) is 3. The Hall–Kier alpha value is -2.27. The molecule has 0 saturated carbocycles. The third-order valence-corrected chi connectivity index (χ3v) is 3.21. The van der Waals surface area contributed by atoms with Gasteiger partial charge in [0.2, 0.25) is 5.75 Å². The molecule has 5 nitrogen and oxygen atoms in total. The normalized spacial score (nSPS) is 10.2. The lowest BCUT2D eigenvalue weighted by atomic mass is 10.1. The van der Waals surface area contributed by atoms with E-state index in [4.69, 9.17) is 14.2 Å². The molecule has 0 aliphatic rings. The summed E-state index contributed by atoms with van der Waals surface area (Å²) in [5.74, 6) is 1.99. The fourth-order valence-electron chi connectivity index (χ4n) is 2.18. The first-order valence-corrected chi connectivity index (χ1v) is 6.78. The van der Waals surface area contributed by atoms with Crippen LogP contribution >= 0.6 is 0 Å². The molecule has 0 aliphatic heterocycles. The molecule has 2 aromatic rings. The molecule has 0 radical (unpaired) electrons. The number of methoxy groups -OCH3 is 3. The van der Waals surface area contributed by atoms with E-state index in [0.29, 0.717) is 17.2 Å². The maximum absolute atomic E-state index is 5.36. The summed E-state index contributed by atoms with van der Waals surface area (Å²) < 4.78 is 16.0. The van der Waals surface area contributed by atoms with Crippen LogP contribution in [-0.2, 0) is 13.1 Å². The summed E-state index contributed by atoms with van der Waals surface area (Å²) in [5.41, 5.74) is 2.32. The van der Waals surface area contributed by atoms with Gasteiger partial charge in [-0.2, -0.15) is 0 Å². The van der Waals surface area contributed by atoms with Crippen molar-refractivity contribution in [2.75, 3.05) is 21.3 Å². The number of aromatic nitrogens is 1. The van der Waals surface area contributed by atoms with Crippen molar-refractivity contribution in [3.05, 3.63) is 47.8 Å². The van der Waals surface area contributed by atoms with Crippen LogP contribution in [-0.4, -0.2) is 26.3 Å². The van der Waals surface area contributed by atoms with Crippen LogP contribution in [0, 0.1) is 0 Å². The molecular weight excluding hydrogens is 268 g/mol. The Balaban J connectivity index is 2.06. The minimum absolute atomic E-state index is 0.621. The van der Waals surface area contributed by atoms with Crippen molar-refractivity contribution in [3.8, 4) is 17.2 Å². The van der Waals surface area contributed by atoms with Crippen LogP contribution < -0.4 is 19.5 Å². The highest BCUT2D eigenvalue weighted by Crippen LogP contribution is 2.37. The van der Waals surface area contributed by atoms with Crippen molar-refractivity contribution in [1.29, 1.82) is 0 Å². The summed E-state index contributed by atoms with van der Waals surface area (Å²) in [7, 11) is 4.86. The molecule has 2 N–H and O–H groups in total. The molecule has 21 heavy (non-hydrogen) atoms. The lowest BCUT2D eigenvalue weighted by Gasteiger charge is -2.13. The van der Waals surface area contributed by atoms with Crippen LogP contribution in [0.15, 0.2) is 36.7 Å². The summed E-state index contributed by atoms with van der Waals surface area (Å²) >= 11 is 0. The van der Waals surface area contributed by atoms with Gasteiger partial charge in [-0.15, -0.1) is 0 Å². The number of nitrogens with two attached hydrogens (primary N) is 1. The van der Waals surface area contributed by atoms with Crippen LogP contribution in [0.4, 0.5) is 0 Å². The molecule has 0 spiro atoms. The molecule has 0 saturated heterocycles. The Bertz CT molecular complexity index is 548. The van der Waals surface area contributed by atoms with Gasteiger partial charge in [0.25, 0.3) is 0 Å². The van der Waals surface area contributed by atoms with E-state index in [2.05, 4.69) is 16.4 Å². The molecule has 0 atom stereocenters. The van der Waals surface area contributed by atoms with Gasteiger partial charge in [-0.25, -0.2) is 0 Å². The van der Waals surface area contributed by atoms with Crippen molar-refractivity contribution in [2.24, 2.45) is 0 Å². The number of hydrogen-bond acceptors (Lipinski definition) is 4. The molecular formula is C16H21N2O3+. The topological polar surface area (TPSA) is 57.2 Å². The molecule has 0 unspecified atom stereocenters. The first kappa shape index (κ1) is 15.1. The van der Waals surface area contributed by atoms with Crippen LogP contribution in [0.5, 0.6) is 17.2 Å². The van der Waals surface area contributed by atoms with Crippen LogP contribution in [0.3, 0.4) is 0 Å². The van der Waals surface area contributed by atoms with Crippen LogP contribution in [0.25, 0.3) is 0 Å². The number of pyridine rings is 1. The largest absolute Gasteiger partial charge is 0.493 e. The standard InChI is InChI=1S/C16H20N2O3/c1-19-14-7-13(8-15(20-2)16(14)21-3)11-18-10-12-5-4-6-17-9-12/h4-9,18H,10-11H2,1-3H3/p+1. The molecule has 0 fully saturated rings. The third kappa shape index (κ3) is 3.86. The third-order valence-electron chi connectivity index (χ3n) is 3.21. The molecule has 5 heteroatoms. The van der Waals surface area contributed by atoms with E-state index in [-0.39, 0.29) is 0 Å². The Kier molecular flexibility index (Phi) is 5.40. The van der Waals surface area contributed by atoms with Gasteiger partial charge in [-0.3, -0.25) is 4.98 Å². The number of hydrogen-bond donors (Lipinski definition) is 1. The van der Waals surface area contributed by atoms with Crippen LogP contribution in [0.2, 0.25) is 0 Å². The molecule has 0 amide bonds. The van der Waals surface area contributed by atoms with Gasteiger partial charge < -0.3 is 19.5 Å². The van der Waals surface area contributed by atoms with Gasteiger partial charge in [0.05, 0.1) is 21.3 Å². The lowest BCUT2D eigenvalue weighted by molar-refractivity contribution is -0.686. The molecule has 0 bridgehead atoms. The summed E-state index contributed by atoms with van der Waals surface area (Å²) in [4.78, 5) is 4.11. The second kappa shape index (κ2) is 7.50.